The Hall–Kier alpha value is -2.53. The first-order valence-electron chi connectivity index (χ1n) is 9.28. The summed E-state index contributed by atoms with van der Waals surface area (Å²) in [5.74, 6) is 0.149. The van der Waals surface area contributed by atoms with Gasteiger partial charge in [-0.1, -0.05) is 60.3 Å². The monoisotopic (exact) mass is 377 g/mol. The van der Waals surface area contributed by atoms with Gasteiger partial charge < -0.3 is 9.47 Å². The second-order valence-electron chi connectivity index (χ2n) is 6.83. The van der Waals surface area contributed by atoms with Gasteiger partial charge in [0.1, 0.15) is 0 Å². The van der Waals surface area contributed by atoms with E-state index in [1.54, 1.807) is 0 Å². The molecular formula is C22H23N3OS. The number of thioether (sulfide) groups is 1. The summed E-state index contributed by atoms with van der Waals surface area (Å²) >= 11 is 1.52. The zero-order chi connectivity index (χ0) is 18.8. The third-order valence-corrected chi connectivity index (χ3v) is 6.17. The van der Waals surface area contributed by atoms with Crippen molar-refractivity contribution in [3.8, 4) is 11.3 Å². The average molecular weight is 378 g/mol. The summed E-state index contributed by atoms with van der Waals surface area (Å²) in [5, 5.41) is 0.667. The van der Waals surface area contributed by atoms with E-state index < -0.39 is 0 Å². The quantitative estimate of drug-likeness (QED) is 0.626. The van der Waals surface area contributed by atoms with Gasteiger partial charge in [-0.05, 0) is 37.0 Å². The standard InChI is InChI=1S/C22H23N3OS/c1-16(21(26)25-14-8-12-17-11-6-7-13-19(17)25)27-22-23-15-20(24(22)2)18-9-4-3-5-10-18/h3-7,9-11,13,15-16H,8,12,14H2,1-2H3. The first-order chi connectivity index (χ1) is 13.1. The molecule has 2 aromatic carbocycles. The third-order valence-electron chi connectivity index (χ3n) is 5.02. The molecule has 1 aliphatic heterocycles. The lowest BCUT2D eigenvalue weighted by molar-refractivity contribution is -0.117. The Kier molecular flexibility index (Phi) is 5.03. The van der Waals surface area contributed by atoms with Gasteiger partial charge in [-0.3, -0.25) is 4.79 Å². The van der Waals surface area contributed by atoms with Crippen molar-refractivity contribution < 1.29 is 4.79 Å². The maximum absolute atomic E-state index is 13.1. The molecule has 1 atom stereocenters. The number of benzene rings is 2. The number of nitrogens with zero attached hydrogens (tertiary/aromatic N) is 3. The van der Waals surface area contributed by atoms with Crippen LogP contribution in [0.4, 0.5) is 5.69 Å². The second kappa shape index (κ2) is 7.61. The summed E-state index contributed by atoms with van der Waals surface area (Å²) in [4.78, 5) is 19.6. The number of hydrogen-bond donors (Lipinski definition) is 0. The van der Waals surface area contributed by atoms with Crippen LogP contribution in [0, 0.1) is 0 Å². The van der Waals surface area contributed by atoms with Gasteiger partial charge in [0, 0.05) is 19.3 Å². The number of aromatic nitrogens is 2. The first-order valence-corrected chi connectivity index (χ1v) is 10.2. The average Bonchev–Trinajstić information content (AvgIpc) is 3.08. The number of imidazole rings is 1. The van der Waals surface area contributed by atoms with Crippen molar-refractivity contribution in [3.05, 3.63) is 66.4 Å². The summed E-state index contributed by atoms with van der Waals surface area (Å²) < 4.78 is 2.06. The maximum atomic E-state index is 13.1. The van der Waals surface area contributed by atoms with E-state index in [2.05, 4.69) is 33.8 Å². The maximum Gasteiger partial charge on any atom is 0.240 e. The number of para-hydroxylation sites is 1. The van der Waals surface area contributed by atoms with Crippen molar-refractivity contribution in [1.29, 1.82) is 0 Å². The first kappa shape index (κ1) is 17.9. The highest BCUT2D eigenvalue weighted by Crippen LogP contribution is 2.32. The van der Waals surface area contributed by atoms with Gasteiger partial charge in [0.05, 0.1) is 17.1 Å². The van der Waals surface area contributed by atoms with Crippen LogP contribution in [-0.2, 0) is 18.3 Å². The van der Waals surface area contributed by atoms with Crippen LogP contribution in [0.5, 0.6) is 0 Å². The fraction of sp³-hybridized carbons (Fsp3) is 0.273. The van der Waals surface area contributed by atoms with E-state index in [0.29, 0.717) is 0 Å². The molecule has 0 radical (unpaired) electrons. The second-order valence-corrected chi connectivity index (χ2v) is 8.14. The van der Waals surface area contributed by atoms with Gasteiger partial charge >= 0.3 is 0 Å². The van der Waals surface area contributed by atoms with Crippen molar-refractivity contribution in [1.82, 2.24) is 9.55 Å². The fourth-order valence-corrected chi connectivity index (χ4v) is 4.48. The molecule has 138 valence electrons. The number of rotatable bonds is 4. The van der Waals surface area contributed by atoms with Crippen molar-refractivity contribution in [2.24, 2.45) is 7.05 Å². The SMILES string of the molecule is CC(Sc1ncc(-c2ccccc2)n1C)C(=O)N1CCCc2ccccc21. The van der Waals surface area contributed by atoms with E-state index >= 15 is 0 Å². The molecule has 1 amide bonds. The van der Waals surface area contributed by atoms with Crippen LogP contribution in [-0.4, -0.2) is 27.3 Å². The summed E-state index contributed by atoms with van der Waals surface area (Å²) in [6, 6.07) is 18.4. The number of amides is 1. The lowest BCUT2D eigenvalue weighted by Crippen LogP contribution is -2.40. The molecule has 0 fully saturated rings. The zero-order valence-corrected chi connectivity index (χ0v) is 16.4. The van der Waals surface area contributed by atoms with Crippen LogP contribution < -0.4 is 4.90 Å². The summed E-state index contributed by atoms with van der Waals surface area (Å²) in [6.45, 7) is 2.76. The summed E-state index contributed by atoms with van der Waals surface area (Å²) in [6.07, 6.45) is 3.94. The predicted molar refractivity (Wildman–Crippen MR) is 111 cm³/mol. The number of aryl methyl sites for hydroxylation is 1. The molecule has 4 nitrogen and oxygen atoms in total. The van der Waals surface area contributed by atoms with E-state index in [4.69, 9.17) is 0 Å². The molecule has 1 aromatic heterocycles. The van der Waals surface area contributed by atoms with Crippen LogP contribution >= 0.6 is 11.8 Å². The lowest BCUT2D eigenvalue weighted by atomic mass is 10.0. The molecule has 3 aromatic rings. The van der Waals surface area contributed by atoms with Gasteiger partial charge in [-0.25, -0.2) is 4.98 Å². The van der Waals surface area contributed by atoms with Crippen LogP contribution in [0.1, 0.15) is 18.9 Å². The minimum atomic E-state index is -0.194. The Morgan fingerprint density at radius 1 is 1.11 bits per heavy atom. The molecule has 4 rings (SSSR count). The fourth-order valence-electron chi connectivity index (χ4n) is 3.57. The molecular weight excluding hydrogens is 354 g/mol. The number of carbonyl (C=O) groups excluding carboxylic acids is 1. The largest absolute Gasteiger partial charge is 0.322 e. The Bertz CT molecular complexity index is 951. The van der Waals surface area contributed by atoms with Crippen molar-refractivity contribution in [3.63, 3.8) is 0 Å². The smallest absolute Gasteiger partial charge is 0.240 e. The molecule has 0 saturated heterocycles. The van der Waals surface area contributed by atoms with E-state index in [-0.39, 0.29) is 11.2 Å². The van der Waals surface area contributed by atoms with Crippen LogP contribution in [0.25, 0.3) is 11.3 Å². The van der Waals surface area contributed by atoms with Crippen LogP contribution in [0.2, 0.25) is 0 Å². The Labute approximate surface area is 164 Å². The number of hydrogen-bond acceptors (Lipinski definition) is 3. The van der Waals surface area contributed by atoms with Gasteiger partial charge in [-0.15, -0.1) is 0 Å². The van der Waals surface area contributed by atoms with Crippen molar-refractivity contribution in [2.75, 3.05) is 11.4 Å². The number of fused-ring (bicyclic) bond motifs is 1. The molecule has 27 heavy (non-hydrogen) atoms. The summed E-state index contributed by atoms with van der Waals surface area (Å²) in [7, 11) is 2.01. The minimum Gasteiger partial charge on any atom is -0.322 e. The molecule has 0 saturated carbocycles. The van der Waals surface area contributed by atoms with Gasteiger partial charge in [0.2, 0.25) is 5.91 Å². The lowest BCUT2D eigenvalue weighted by Gasteiger charge is -2.31. The predicted octanol–water partition coefficient (Wildman–Crippen LogP) is 4.55. The molecule has 1 aliphatic rings. The van der Waals surface area contributed by atoms with E-state index in [0.717, 1.165) is 41.5 Å². The topological polar surface area (TPSA) is 38.1 Å². The van der Waals surface area contributed by atoms with Gasteiger partial charge in [-0.2, -0.15) is 0 Å². The van der Waals surface area contributed by atoms with Gasteiger partial charge in [0.15, 0.2) is 5.16 Å². The molecule has 5 heteroatoms. The van der Waals surface area contributed by atoms with Crippen LogP contribution in [0.3, 0.4) is 0 Å². The van der Waals surface area contributed by atoms with E-state index in [1.165, 1.54) is 17.3 Å². The zero-order valence-electron chi connectivity index (χ0n) is 15.6. The number of carbonyl (C=O) groups is 1. The molecule has 0 aliphatic carbocycles. The van der Waals surface area contributed by atoms with Crippen molar-refractivity contribution in [2.45, 2.75) is 30.2 Å². The highest BCUT2D eigenvalue weighted by molar-refractivity contribution is 8.00. The van der Waals surface area contributed by atoms with E-state index in [9.17, 15) is 4.79 Å². The van der Waals surface area contributed by atoms with Crippen LogP contribution in [0.15, 0.2) is 66.0 Å². The summed E-state index contributed by atoms with van der Waals surface area (Å²) in [5.41, 5.74) is 4.51. The molecule has 2 heterocycles. The highest BCUT2D eigenvalue weighted by Gasteiger charge is 2.27. The Morgan fingerprint density at radius 3 is 2.67 bits per heavy atom. The molecule has 0 N–H and O–H groups in total. The minimum absolute atomic E-state index is 0.149. The Morgan fingerprint density at radius 2 is 1.85 bits per heavy atom. The van der Waals surface area contributed by atoms with Gasteiger partial charge in [0.25, 0.3) is 0 Å². The molecule has 1 unspecified atom stereocenters. The highest BCUT2D eigenvalue weighted by atomic mass is 32.2. The Balaban J connectivity index is 1.53. The number of anilines is 1. The van der Waals surface area contributed by atoms with E-state index in [1.807, 2.05) is 55.4 Å². The molecule has 0 bridgehead atoms. The van der Waals surface area contributed by atoms with Crippen molar-refractivity contribution >= 4 is 23.4 Å². The third kappa shape index (κ3) is 3.52. The normalized spacial score (nSPS) is 14.7. The molecule has 0 spiro atoms.